The van der Waals surface area contributed by atoms with E-state index < -0.39 is 11.6 Å². The zero-order chi connectivity index (χ0) is 25.4. The molecule has 0 saturated heterocycles. The Kier molecular flexibility index (Phi) is 9.36. The number of benzene rings is 3. The van der Waals surface area contributed by atoms with E-state index in [0.717, 1.165) is 16.7 Å². The Morgan fingerprint density at radius 1 is 0.886 bits per heavy atom. The Labute approximate surface area is 218 Å². The lowest BCUT2D eigenvalue weighted by Crippen LogP contribution is -2.54. The van der Waals surface area contributed by atoms with Crippen molar-refractivity contribution in [3.8, 4) is 0 Å². The number of carbonyl (C=O) groups excluding carboxylic acids is 2. The van der Waals surface area contributed by atoms with Gasteiger partial charge in [0, 0.05) is 35.0 Å². The van der Waals surface area contributed by atoms with Crippen LogP contribution in [0.4, 0.5) is 0 Å². The zero-order valence-corrected chi connectivity index (χ0v) is 21.9. The van der Waals surface area contributed by atoms with Crippen LogP contribution >= 0.6 is 23.2 Å². The van der Waals surface area contributed by atoms with Gasteiger partial charge in [0.2, 0.25) is 11.8 Å². The van der Waals surface area contributed by atoms with Crippen LogP contribution in [0.1, 0.15) is 43.9 Å². The summed E-state index contributed by atoms with van der Waals surface area (Å²) in [4.78, 5) is 28.9. The molecule has 3 rings (SSSR count). The highest BCUT2D eigenvalue weighted by Crippen LogP contribution is 2.21. The molecule has 0 fully saturated rings. The number of hydrogen-bond donors (Lipinski definition) is 1. The minimum atomic E-state index is -0.686. The van der Waals surface area contributed by atoms with Crippen LogP contribution in [-0.2, 0) is 29.0 Å². The van der Waals surface area contributed by atoms with Crippen LogP contribution in [0.2, 0.25) is 10.0 Å². The average Bonchev–Trinajstić information content (AvgIpc) is 2.80. The van der Waals surface area contributed by atoms with E-state index in [4.69, 9.17) is 23.2 Å². The van der Waals surface area contributed by atoms with Gasteiger partial charge in [-0.05, 0) is 62.1 Å². The topological polar surface area (TPSA) is 49.4 Å². The maximum Gasteiger partial charge on any atom is 0.243 e. The van der Waals surface area contributed by atoms with Crippen LogP contribution in [0.15, 0.2) is 78.9 Å². The van der Waals surface area contributed by atoms with Gasteiger partial charge in [-0.1, -0.05) is 83.9 Å². The first kappa shape index (κ1) is 26.8. The van der Waals surface area contributed by atoms with Crippen molar-refractivity contribution in [2.45, 2.75) is 58.2 Å². The van der Waals surface area contributed by atoms with Gasteiger partial charge in [0.15, 0.2) is 0 Å². The lowest BCUT2D eigenvalue weighted by Gasteiger charge is -2.34. The number of carbonyl (C=O) groups is 2. The molecule has 1 unspecified atom stereocenters. The molecule has 4 nitrogen and oxygen atoms in total. The van der Waals surface area contributed by atoms with Crippen LogP contribution < -0.4 is 5.32 Å². The van der Waals surface area contributed by atoms with E-state index >= 15 is 0 Å². The van der Waals surface area contributed by atoms with Crippen LogP contribution in [0.3, 0.4) is 0 Å². The van der Waals surface area contributed by atoms with E-state index in [-0.39, 0.29) is 24.8 Å². The van der Waals surface area contributed by atoms with E-state index in [1.54, 1.807) is 11.0 Å². The zero-order valence-electron chi connectivity index (χ0n) is 20.4. The van der Waals surface area contributed by atoms with Gasteiger partial charge in [0.25, 0.3) is 0 Å². The molecule has 0 heterocycles. The van der Waals surface area contributed by atoms with Gasteiger partial charge in [-0.2, -0.15) is 0 Å². The molecule has 0 radical (unpaired) electrons. The van der Waals surface area contributed by atoms with Gasteiger partial charge in [0.05, 0.1) is 0 Å². The highest BCUT2D eigenvalue weighted by atomic mass is 35.5. The van der Waals surface area contributed by atoms with Crippen molar-refractivity contribution in [2.24, 2.45) is 0 Å². The maximum absolute atomic E-state index is 13.7. The number of nitrogens with zero attached hydrogens (tertiary/aromatic N) is 1. The summed E-state index contributed by atoms with van der Waals surface area (Å²) in [6, 6.07) is 24.0. The largest absolute Gasteiger partial charge is 0.350 e. The second kappa shape index (κ2) is 12.2. The summed E-state index contributed by atoms with van der Waals surface area (Å²) < 4.78 is 0. The van der Waals surface area contributed by atoms with Crippen molar-refractivity contribution >= 4 is 35.0 Å². The molecule has 2 amide bonds. The van der Waals surface area contributed by atoms with Gasteiger partial charge in [-0.15, -0.1) is 0 Å². The van der Waals surface area contributed by atoms with Gasteiger partial charge < -0.3 is 10.2 Å². The Morgan fingerprint density at radius 3 is 2.20 bits per heavy atom. The minimum Gasteiger partial charge on any atom is -0.350 e. The lowest BCUT2D eigenvalue weighted by molar-refractivity contribution is -0.141. The molecular weight excluding hydrogens is 479 g/mol. The van der Waals surface area contributed by atoms with Gasteiger partial charge in [-0.3, -0.25) is 9.59 Å². The highest BCUT2D eigenvalue weighted by molar-refractivity contribution is 6.31. The van der Waals surface area contributed by atoms with Gasteiger partial charge >= 0.3 is 0 Å². The van der Waals surface area contributed by atoms with E-state index in [1.807, 2.05) is 93.6 Å². The Hall–Kier alpha value is -2.82. The van der Waals surface area contributed by atoms with E-state index in [2.05, 4.69) is 5.32 Å². The van der Waals surface area contributed by atoms with Crippen molar-refractivity contribution in [2.75, 3.05) is 0 Å². The van der Waals surface area contributed by atoms with Gasteiger partial charge in [0.1, 0.15) is 6.04 Å². The lowest BCUT2D eigenvalue weighted by atomic mass is 10.00. The first-order valence-corrected chi connectivity index (χ1v) is 12.5. The van der Waals surface area contributed by atoms with Crippen molar-refractivity contribution in [1.29, 1.82) is 0 Å². The SMILES string of the molecule is CC(C)(C)NC(=O)C(Cc1ccccc1)N(Cc1cccc(Cl)c1)C(=O)CCc1ccccc1Cl. The van der Waals surface area contributed by atoms with Crippen molar-refractivity contribution in [1.82, 2.24) is 10.2 Å². The quantitative estimate of drug-likeness (QED) is 0.358. The summed E-state index contributed by atoms with van der Waals surface area (Å²) in [6.45, 7) is 6.08. The monoisotopic (exact) mass is 510 g/mol. The number of halogens is 2. The molecule has 0 aliphatic carbocycles. The molecule has 1 N–H and O–H groups in total. The number of aryl methyl sites for hydroxylation is 1. The van der Waals surface area contributed by atoms with Crippen LogP contribution in [0, 0.1) is 0 Å². The average molecular weight is 511 g/mol. The number of rotatable bonds is 9. The fraction of sp³-hybridized carbons (Fsp3) is 0.310. The first-order valence-electron chi connectivity index (χ1n) is 11.8. The molecule has 1 atom stereocenters. The first-order chi connectivity index (χ1) is 16.6. The van der Waals surface area contributed by atoms with Crippen molar-refractivity contribution in [3.63, 3.8) is 0 Å². The normalized spacial score (nSPS) is 12.1. The third-order valence-electron chi connectivity index (χ3n) is 5.58. The number of amides is 2. The second-order valence-electron chi connectivity index (χ2n) is 9.69. The van der Waals surface area contributed by atoms with E-state index in [1.165, 1.54) is 0 Å². The fourth-order valence-corrected chi connectivity index (χ4v) is 4.37. The van der Waals surface area contributed by atoms with Crippen molar-refractivity contribution in [3.05, 3.63) is 106 Å². The summed E-state index contributed by atoms with van der Waals surface area (Å²) in [6.07, 6.45) is 1.13. The summed E-state index contributed by atoms with van der Waals surface area (Å²) in [5, 5.41) is 4.30. The Morgan fingerprint density at radius 2 is 1.54 bits per heavy atom. The molecule has 0 aliphatic rings. The minimum absolute atomic E-state index is 0.116. The third-order valence-corrected chi connectivity index (χ3v) is 6.18. The predicted octanol–water partition coefficient (Wildman–Crippen LogP) is 6.48. The second-order valence-corrected chi connectivity index (χ2v) is 10.5. The fourth-order valence-electron chi connectivity index (χ4n) is 3.93. The number of hydrogen-bond acceptors (Lipinski definition) is 2. The summed E-state index contributed by atoms with van der Waals surface area (Å²) in [5.41, 5.74) is 2.32. The van der Waals surface area contributed by atoms with Crippen LogP contribution in [-0.4, -0.2) is 28.3 Å². The summed E-state index contributed by atoms with van der Waals surface area (Å²) >= 11 is 12.6. The smallest absolute Gasteiger partial charge is 0.243 e. The molecule has 0 aromatic heterocycles. The molecule has 3 aromatic carbocycles. The Bertz CT molecular complexity index is 1140. The van der Waals surface area contributed by atoms with Gasteiger partial charge in [-0.25, -0.2) is 0 Å². The standard InChI is InChI=1S/C29H32Cl2N2O2/c1-29(2,3)32-28(35)26(19-21-10-5-4-6-11-21)33(20-22-12-9-14-24(30)18-22)27(34)17-16-23-13-7-8-15-25(23)31/h4-15,18,26H,16-17,19-20H2,1-3H3,(H,32,35). The summed E-state index contributed by atoms with van der Waals surface area (Å²) in [7, 11) is 0. The van der Waals surface area contributed by atoms with E-state index in [0.29, 0.717) is 22.9 Å². The highest BCUT2D eigenvalue weighted by Gasteiger charge is 2.32. The van der Waals surface area contributed by atoms with Crippen molar-refractivity contribution < 1.29 is 9.59 Å². The number of nitrogens with one attached hydrogen (secondary N) is 1. The molecule has 3 aromatic rings. The van der Waals surface area contributed by atoms with E-state index in [9.17, 15) is 9.59 Å². The van der Waals surface area contributed by atoms with Crippen LogP contribution in [0.25, 0.3) is 0 Å². The molecule has 0 saturated carbocycles. The van der Waals surface area contributed by atoms with Crippen LogP contribution in [0.5, 0.6) is 0 Å². The molecule has 184 valence electrons. The molecule has 0 bridgehead atoms. The molecule has 6 heteroatoms. The predicted molar refractivity (Wildman–Crippen MR) is 144 cm³/mol. The molecule has 0 spiro atoms. The molecule has 35 heavy (non-hydrogen) atoms. The summed E-state index contributed by atoms with van der Waals surface area (Å²) in [5.74, 6) is -0.302. The third kappa shape index (κ3) is 8.41. The molecular formula is C29H32Cl2N2O2. The Balaban J connectivity index is 1.94. The maximum atomic E-state index is 13.7. The molecule has 0 aliphatic heterocycles.